The lowest BCUT2D eigenvalue weighted by atomic mass is 9.90. The normalized spacial score (nSPS) is 21.9. The number of hydrogen-bond acceptors (Lipinski definition) is 4. The number of morpholine rings is 1. The van der Waals surface area contributed by atoms with Gasteiger partial charge in [-0.3, -0.25) is 14.7 Å². The zero-order valence-corrected chi connectivity index (χ0v) is 16.3. The van der Waals surface area contributed by atoms with Crippen LogP contribution in [0.15, 0.2) is 29.3 Å². The van der Waals surface area contributed by atoms with E-state index in [0.29, 0.717) is 19.0 Å². The van der Waals surface area contributed by atoms with Crippen LogP contribution in [-0.4, -0.2) is 68.7 Å². The molecule has 1 amide bonds. The van der Waals surface area contributed by atoms with E-state index >= 15 is 0 Å². The fourth-order valence-electron chi connectivity index (χ4n) is 3.60. The number of nitrogens with zero attached hydrogens (tertiary/aromatic N) is 2. The molecule has 148 valence electrons. The molecule has 1 saturated heterocycles. The molecule has 0 aromatic heterocycles. The molecule has 1 aromatic carbocycles. The number of amides is 1. The number of benzene rings is 1. The summed E-state index contributed by atoms with van der Waals surface area (Å²) in [4.78, 5) is 19.2. The zero-order valence-electron chi connectivity index (χ0n) is 16.3. The summed E-state index contributed by atoms with van der Waals surface area (Å²) in [7, 11) is 0. The quantitative estimate of drug-likeness (QED) is 0.519. The molecule has 2 aliphatic heterocycles. The number of ether oxygens (including phenoxy) is 1. The second-order valence-corrected chi connectivity index (χ2v) is 7.13. The fraction of sp³-hybridized carbons (Fsp3) is 0.600. The second kappa shape index (κ2) is 9.71. The number of guanidine groups is 1. The van der Waals surface area contributed by atoms with Gasteiger partial charge in [0.25, 0.3) is 0 Å². The lowest BCUT2D eigenvalue weighted by molar-refractivity contribution is -0.116. The standard InChI is InChI=1S/C20H31N5O2/c1-3-21-20(22-13-15(2)25-8-10-27-11-9-25)23-14-16-12-19(26)24-18-7-5-4-6-17(16)18/h4-7,15-16H,3,8-14H2,1-2H3,(H,24,26)(H2,21,22,23). The van der Waals surface area contributed by atoms with E-state index in [9.17, 15) is 4.79 Å². The third-order valence-electron chi connectivity index (χ3n) is 5.15. The number of fused-ring (bicyclic) bond motifs is 1. The Hall–Kier alpha value is -2.12. The molecule has 2 atom stereocenters. The van der Waals surface area contributed by atoms with Crippen LogP contribution in [0.5, 0.6) is 0 Å². The van der Waals surface area contributed by atoms with Gasteiger partial charge in [0.1, 0.15) is 0 Å². The van der Waals surface area contributed by atoms with Crippen molar-refractivity contribution in [3.05, 3.63) is 29.8 Å². The first kappa shape index (κ1) is 19.6. The summed E-state index contributed by atoms with van der Waals surface area (Å²) in [5.41, 5.74) is 2.10. The van der Waals surface area contributed by atoms with Gasteiger partial charge in [-0.1, -0.05) is 18.2 Å². The van der Waals surface area contributed by atoms with Crippen molar-refractivity contribution < 1.29 is 9.53 Å². The zero-order chi connectivity index (χ0) is 19.1. The van der Waals surface area contributed by atoms with E-state index in [1.165, 1.54) is 5.56 Å². The van der Waals surface area contributed by atoms with E-state index in [2.05, 4.69) is 40.8 Å². The van der Waals surface area contributed by atoms with E-state index in [1.54, 1.807) is 0 Å². The highest BCUT2D eigenvalue weighted by atomic mass is 16.5. The molecule has 0 radical (unpaired) electrons. The third-order valence-corrected chi connectivity index (χ3v) is 5.15. The van der Waals surface area contributed by atoms with Crippen molar-refractivity contribution in [3.63, 3.8) is 0 Å². The van der Waals surface area contributed by atoms with Crippen LogP contribution >= 0.6 is 0 Å². The van der Waals surface area contributed by atoms with Gasteiger partial charge < -0.3 is 20.7 Å². The number of nitrogens with one attached hydrogen (secondary N) is 3. The molecule has 27 heavy (non-hydrogen) atoms. The lowest BCUT2D eigenvalue weighted by Gasteiger charge is -2.31. The monoisotopic (exact) mass is 373 g/mol. The molecular weight excluding hydrogens is 342 g/mol. The van der Waals surface area contributed by atoms with Crippen molar-refractivity contribution >= 4 is 17.6 Å². The smallest absolute Gasteiger partial charge is 0.225 e. The molecule has 3 rings (SSSR count). The van der Waals surface area contributed by atoms with Gasteiger partial charge in [0.2, 0.25) is 5.91 Å². The van der Waals surface area contributed by atoms with Gasteiger partial charge in [-0.25, -0.2) is 0 Å². The molecule has 1 fully saturated rings. The van der Waals surface area contributed by atoms with Crippen LogP contribution < -0.4 is 16.0 Å². The maximum absolute atomic E-state index is 12.0. The number of carbonyl (C=O) groups is 1. The summed E-state index contributed by atoms with van der Waals surface area (Å²) < 4.78 is 5.42. The van der Waals surface area contributed by atoms with Crippen molar-refractivity contribution in [3.8, 4) is 0 Å². The molecular formula is C20H31N5O2. The van der Waals surface area contributed by atoms with Gasteiger partial charge in [0, 0.05) is 50.2 Å². The number of para-hydroxylation sites is 1. The van der Waals surface area contributed by atoms with Gasteiger partial charge in [0.05, 0.1) is 19.8 Å². The molecule has 0 bridgehead atoms. The summed E-state index contributed by atoms with van der Waals surface area (Å²) in [6.07, 6.45) is 0.494. The predicted molar refractivity (Wildman–Crippen MR) is 108 cm³/mol. The average Bonchev–Trinajstić information content (AvgIpc) is 2.70. The van der Waals surface area contributed by atoms with Crippen LogP contribution in [0.25, 0.3) is 0 Å². The SMILES string of the molecule is CCNC(=NCC(C)N1CCOCC1)NCC1CC(=O)Nc2ccccc21. The Balaban J connectivity index is 1.58. The Kier molecular flexibility index (Phi) is 7.06. The molecule has 2 heterocycles. The molecule has 0 saturated carbocycles. The number of aliphatic imine (C=N–C) groups is 1. The Morgan fingerprint density at radius 1 is 1.33 bits per heavy atom. The first-order chi connectivity index (χ1) is 13.2. The minimum Gasteiger partial charge on any atom is -0.379 e. The molecule has 2 unspecified atom stereocenters. The summed E-state index contributed by atoms with van der Waals surface area (Å²) >= 11 is 0. The van der Waals surface area contributed by atoms with Crippen LogP contribution in [0.2, 0.25) is 0 Å². The highest BCUT2D eigenvalue weighted by Gasteiger charge is 2.24. The number of anilines is 1. The summed E-state index contributed by atoms with van der Waals surface area (Å²) in [6, 6.07) is 8.40. The first-order valence-corrected chi connectivity index (χ1v) is 9.90. The fourth-order valence-corrected chi connectivity index (χ4v) is 3.60. The van der Waals surface area contributed by atoms with Crippen LogP contribution in [0, 0.1) is 0 Å². The van der Waals surface area contributed by atoms with Crippen LogP contribution in [0.4, 0.5) is 5.69 Å². The molecule has 7 nitrogen and oxygen atoms in total. The highest BCUT2D eigenvalue weighted by Crippen LogP contribution is 2.31. The van der Waals surface area contributed by atoms with Crippen molar-refractivity contribution in [1.82, 2.24) is 15.5 Å². The minimum atomic E-state index is 0.0726. The van der Waals surface area contributed by atoms with Crippen molar-refractivity contribution in [1.29, 1.82) is 0 Å². The lowest BCUT2D eigenvalue weighted by Crippen LogP contribution is -2.45. The Labute approximate surface area is 161 Å². The Morgan fingerprint density at radius 2 is 2.11 bits per heavy atom. The van der Waals surface area contributed by atoms with Crippen molar-refractivity contribution in [2.24, 2.45) is 4.99 Å². The molecule has 0 spiro atoms. The summed E-state index contributed by atoms with van der Waals surface area (Å²) in [5.74, 6) is 1.03. The first-order valence-electron chi connectivity index (χ1n) is 9.90. The Bertz CT molecular complexity index is 658. The van der Waals surface area contributed by atoms with E-state index in [4.69, 9.17) is 9.73 Å². The number of rotatable bonds is 6. The topological polar surface area (TPSA) is 78.0 Å². The summed E-state index contributed by atoms with van der Waals surface area (Å²) in [6.45, 7) is 10.0. The molecule has 7 heteroatoms. The average molecular weight is 374 g/mol. The second-order valence-electron chi connectivity index (χ2n) is 7.13. The molecule has 1 aromatic rings. The third kappa shape index (κ3) is 5.43. The van der Waals surface area contributed by atoms with Crippen molar-refractivity contribution in [2.75, 3.05) is 51.3 Å². The maximum atomic E-state index is 12.0. The Morgan fingerprint density at radius 3 is 2.89 bits per heavy atom. The molecule has 3 N–H and O–H groups in total. The summed E-state index contributed by atoms with van der Waals surface area (Å²) in [5, 5.41) is 9.69. The van der Waals surface area contributed by atoms with Gasteiger partial charge in [-0.2, -0.15) is 0 Å². The van der Waals surface area contributed by atoms with E-state index in [0.717, 1.165) is 51.0 Å². The molecule has 2 aliphatic rings. The van der Waals surface area contributed by atoms with E-state index in [-0.39, 0.29) is 11.8 Å². The van der Waals surface area contributed by atoms with E-state index < -0.39 is 0 Å². The largest absolute Gasteiger partial charge is 0.379 e. The number of carbonyl (C=O) groups excluding carboxylic acids is 1. The van der Waals surface area contributed by atoms with Crippen molar-refractivity contribution in [2.45, 2.75) is 32.2 Å². The minimum absolute atomic E-state index is 0.0726. The highest BCUT2D eigenvalue weighted by molar-refractivity contribution is 5.94. The maximum Gasteiger partial charge on any atom is 0.225 e. The van der Waals surface area contributed by atoms with Gasteiger partial charge in [0.15, 0.2) is 5.96 Å². The van der Waals surface area contributed by atoms with Crippen LogP contribution in [0.3, 0.4) is 0 Å². The number of hydrogen-bond donors (Lipinski definition) is 3. The van der Waals surface area contributed by atoms with Gasteiger partial charge in [-0.05, 0) is 25.5 Å². The van der Waals surface area contributed by atoms with Crippen LogP contribution in [0.1, 0.15) is 31.7 Å². The van der Waals surface area contributed by atoms with Gasteiger partial charge >= 0.3 is 0 Å². The van der Waals surface area contributed by atoms with Crippen LogP contribution in [-0.2, 0) is 9.53 Å². The predicted octanol–water partition coefficient (Wildman–Crippen LogP) is 1.39. The molecule has 0 aliphatic carbocycles. The van der Waals surface area contributed by atoms with E-state index in [1.807, 2.05) is 18.2 Å². The van der Waals surface area contributed by atoms with Gasteiger partial charge in [-0.15, -0.1) is 0 Å².